The van der Waals surface area contributed by atoms with Gasteiger partial charge in [-0.15, -0.1) is 0 Å². The van der Waals surface area contributed by atoms with Crippen LogP contribution in [0.25, 0.3) is 5.57 Å². The van der Waals surface area contributed by atoms with Crippen LogP contribution < -0.4 is 22.1 Å². The first-order valence-electron chi connectivity index (χ1n) is 13.5. The lowest BCUT2D eigenvalue weighted by Crippen LogP contribution is -2.47. The van der Waals surface area contributed by atoms with E-state index >= 15 is 0 Å². The molecular formula is C29H32N8O4. The van der Waals surface area contributed by atoms with E-state index in [1.165, 1.54) is 0 Å². The molecule has 1 aromatic heterocycles. The number of pyridine rings is 1. The van der Waals surface area contributed by atoms with Crippen LogP contribution in [0.5, 0.6) is 0 Å². The van der Waals surface area contributed by atoms with E-state index in [9.17, 15) is 19.2 Å². The second-order valence-corrected chi connectivity index (χ2v) is 10.7. The summed E-state index contributed by atoms with van der Waals surface area (Å²) in [6.07, 6.45) is 8.67. The molecule has 3 amide bonds. The number of amides is 3. The second-order valence-electron chi connectivity index (χ2n) is 10.7. The number of hydrogen-bond donors (Lipinski definition) is 6. The van der Waals surface area contributed by atoms with Gasteiger partial charge >= 0.3 is 0 Å². The maximum absolute atomic E-state index is 13.0. The number of anilines is 2. The van der Waals surface area contributed by atoms with Gasteiger partial charge in [0, 0.05) is 71.3 Å². The van der Waals surface area contributed by atoms with Gasteiger partial charge in [-0.1, -0.05) is 0 Å². The molecular weight excluding hydrogens is 524 g/mol. The van der Waals surface area contributed by atoms with Gasteiger partial charge < -0.3 is 37.7 Å². The average Bonchev–Trinajstić information content (AvgIpc) is 3.75. The Hall–Kier alpha value is -4.87. The minimum atomic E-state index is -1.18. The van der Waals surface area contributed by atoms with Crippen LogP contribution in [0.2, 0.25) is 0 Å². The Kier molecular flexibility index (Phi) is 7.64. The van der Waals surface area contributed by atoms with Crippen molar-refractivity contribution in [2.45, 2.75) is 56.7 Å². The number of primary amides is 1. The van der Waals surface area contributed by atoms with Crippen LogP contribution in [0.1, 0.15) is 70.5 Å². The van der Waals surface area contributed by atoms with Gasteiger partial charge in [-0.05, 0) is 56.4 Å². The number of allylic oxidation sites excluding steroid dienone is 1. The van der Waals surface area contributed by atoms with Gasteiger partial charge in [0.2, 0.25) is 5.91 Å². The third kappa shape index (κ3) is 5.58. The summed E-state index contributed by atoms with van der Waals surface area (Å²) in [6.45, 7) is 0. The highest BCUT2D eigenvalue weighted by atomic mass is 16.2. The summed E-state index contributed by atoms with van der Waals surface area (Å²) in [6, 6.07) is 5.70. The normalized spacial score (nSPS) is 20.6. The predicted octanol–water partition coefficient (Wildman–Crippen LogP) is 2.09. The molecule has 2 heterocycles. The van der Waals surface area contributed by atoms with E-state index in [0.717, 1.165) is 36.8 Å². The van der Waals surface area contributed by atoms with Gasteiger partial charge in [0.25, 0.3) is 11.8 Å². The highest BCUT2D eigenvalue weighted by Gasteiger charge is 2.42. The zero-order valence-corrected chi connectivity index (χ0v) is 22.4. The molecule has 8 N–H and O–H groups in total. The molecule has 12 heteroatoms. The third-order valence-electron chi connectivity index (χ3n) is 7.76. The molecule has 0 radical (unpaired) electrons. The number of benzene rings is 1. The van der Waals surface area contributed by atoms with Crippen molar-refractivity contribution < 1.29 is 19.2 Å². The first kappa shape index (κ1) is 27.7. The molecule has 0 bridgehead atoms. The number of nitrogen functional groups attached to an aromatic ring is 1. The molecule has 1 unspecified atom stereocenters. The number of fused-ring (bicyclic) bond motifs is 1. The maximum atomic E-state index is 13.0. The SMILES string of the molecule is N=Cc1cnc(/C(=C/NC2CC(Nc3ccc4c(c3)C(=O)N(C(CCC=O)C(N)=O)C4=O)C2)C(=N)C2CC2)cc1N. The number of carbonyl (C=O) groups is 4. The fourth-order valence-electron chi connectivity index (χ4n) is 5.20. The number of nitrogens with zero attached hydrogens (tertiary/aromatic N) is 2. The molecule has 41 heavy (non-hydrogen) atoms. The van der Waals surface area contributed by atoms with E-state index in [2.05, 4.69) is 15.6 Å². The lowest BCUT2D eigenvalue weighted by Gasteiger charge is -2.37. The van der Waals surface area contributed by atoms with E-state index in [0.29, 0.717) is 40.2 Å². The molecule has 0 saturated heterocycles. The quantitative estimate of drug-likeness (QED) is 0.122. The van der Waals surface area contributed by atoms with E-state index in [4.69, 9.17) is 22.3 Å². The van der Waals surface area contributed by atoms with Crippen molar-refractivity contribution in [3.8, 4) is 0 Å². The molecule has 3 aliphatic rings. The molecule has 1 aliphatic heterocycles. The zero-order chi connectivity index (χ0) is 29.3. The second kappa shape index (κ2) is 11.3. The van der Waals surface area contributed by atoms with Crippen molar-refractivity contribution in [1.29, 1.82) is 10.8 Å². The van der Waals surface area contributed by atoms with Gasteiger partial charge in [0.15, 0.2) is 0 Å². The largest absolute Gasteiger partial charge is 0.398 e. The molecule has 2 aliphatic carbocycles. The molecule has 12 nitrogen and oxygen atoms in total. The van der Waals surface area contributed by atoms with Crippen molar-refractivity contribution in [2.24, 2.45) is 11.7 Å². The number of rotatable bonds is 13. The van der Waals surface area contributed by atoms with Crippen LogP contribution in [0.4, 0.5) is 11.4 Å². The molecule has 2 aromatic rings. The highest BCUT2D eigenvalue weighted by molar-refractivity contribution is 6.24. The fraction of sp³-hybridized carbons (Fsp3) is 0.345. The Morgan fingerprint density at radius 2 is 1.88 bits per heavy atom. The molecule has 2 fully saturated rings. The standard InChI is InChI=1S/C29H32N8O4/c30-12-16-13-35-24(11-23(16)31)22(26(32)15-3-4-15)14-34-18-8-19(9-18)36-17-5-6-20-21(10-17)29(41)37(28(20)40)25(27(33)39)2-1-7-38/h5-7,10-15,18-19,25,30,32,34,36H,1-4,8-9H2,(H2,31,35)(H2,33,39)/b22-14-,30-12?,32-26?. The summed E-state index contributed by atoms with van der Waals surface area (Å²) in [7, 11) is 0. The summed E-state index contributed by atoms with van der Waals surface area (Å²) in [5, 5.41) is 22.8. The van der Waals surface area contributed by atoms with Crippen LogP contribution in [-0.4, -0.2) is 63.9 Å². The summed E-state index contributed by atoms with van der Waals surface area (Å²) in [4.78, 5) is 53.9. The van der Waals surface area contributed by atoms with Crippen molar-refractivity contribution in [1.82, 2.24) is 15.2 Å². The monoisotopic (exact) mass is 556 g/mol. The number of hydrogen-bond acceptors (Lipinski definition) is 10. The number of aromatic nitrogens is 1. The number of carbonyl (C=O) groups excluding carboxylic acids is 4. The molecule has 0 spiro atoms. The number of imide groups is 1. The van der Waals surface area contributed by atoms with Crippen LogP contribution in [0.3, 0.4) is 0 Å². The Morgan fingerprint density at radius 3 is 2.51 bits per heavy atom. The van der Waals surface area contributed by atoms with Crippen LogP contribution in [0, 0.1) is 16.7 Å². The van der Waals surface area contributed by atoms with Crippen molar-refractivity contribution in [3.63, 3.8) is 0 Å². The maximum Gasteiger partial charge on any atom is 0.262 e. The lowest BCUT2D eigenvalue weighted by atomic mass is 9.86. The smallest absolute Gasteiger partial charge is 0.262 e. The van der Waals surface area contributed by atoms with Crippen molar-refractivity contribution in [3.05, 3.63) is 59.0 Å². The zero-order valence-electron chi connectivity index (χ0n) is 22.4. The molecule has 1 atom stereocenters. The van der Waals surface area contributed by atoms with Gasteiger partial charge in [0.1, 0.15) is 12.3 Å². The first-order valence-corrected chi connectivity index (χ1v) is 13.5. The van der Waals surface area contributed by atoms with E-state index < -0.39 is 23.8 Å². The van der Waals surface area contributed by atoms with E-state index in [-0.39, 0.29) is 42.0 Å². The minimum absolute atomic E-state index is 0.00465. The summed E-state index contributed by atoms with van der Waals surface area (Å²) in [5.74, 6) is -1.81. The minimum Gasteiger partial charge on any atom is -0.398 e. The molecule has 5 rings (SSSR count). The molecule has 1 aromatic carbocycles. The predicted molar refractivity (Wildman–Crippen MR) is 154 cm³/mol. The summed E-state index contributed by atoms with van der Waals surface area (Å²) >= 11 is 0. The highest BCUT2D eigenvalue weighted by Crippen LogP contribution is 2.36. The van der Waals surface area contributed by atoms with Gasteiger partial charge in [-0.2, -0.15) is 0 Å². The van der Waals surface area contributed by atoms with Crippen molar-refractivity contribution >= 4 is 52.9 Å². The molecule has 212 valence electrons. The first-order chi connectivity index (χ1) is 19.7. The fourth-order valence-corrected chi connectivity index (χ4v) is 5.20. The summed E-state index contributed by atoms with van der Waals surface area (Å²) < 4.78 is 0. The van der Waals surface area contributed by atoms with Gasteiger partial charge in [-0.3, -0.25) is 24.3 Å². The Bertz CT molecular complexity index is 1480. The number of aldehydes is 1. The van der Waals surface area contributed by atoms with Gasteiger partial charge in [0.05, 0.1) is 16.8 Å². The third-order valence-corrected chi connectivity index (χ3v) is 7.76. The van der Waals surface area contributed by atoms with Crippen LogP contribution in [-0.2, 0) is 9.59 Å². The lowest BCUT2D eigenvalue weighted by molar-refractivity contribution is -0.122. The van der Waals surface area contributed by atoms with Crippen LogP contribution >= 0.6 is 0 Å². The van der Waals surface area contributed by atoms with Gasteiger partial charge in [-0.25, -0.2) is 0 Å². The Balaban J connectivity index is 1.22. The van der Waals surface area contributed by atoms with E-state index in [1.54, 1.807) is 30.5 Å². The van der Waals surface area contributed by atoms with Crippen molar-refractivity contribution in [2.75, 3.05) is 11.1 Å². The molecule has 2 saturated carbocycles. The summed E-state index contributed by atoms with van der Waals surface area (Å²) in [5.41, 5.74) is 15.3. The topological polar surface area (TPSA) is 208 Å². The average molecular weight is 557 g/mol. The van der Waals surface area contributed by atoms with Crippen LogP contribution in [0.15, 0.2) is 36.7 Å². The number of nitrogens with one attached hydrogen (secondary N) is 4. The Morgan fingerprint density at radius 1 is 1.15 bits per heavy atom. The number of nitrogens with two attached hydrogens (primary N) is 2. The van der Waals surface area contributed by atoms with E-state index in [1.807, 2.05) is 6.20 Å². The Labute approximate surface area is 236 Å².